The number of hydrogen-bond donors (Lipinski definition) is 2. The van der Waals surface area contributed by atoms with Crippen molar-refractivity contribution in [1.29, 1.82) is 0 Å². The van der Waals surface area contributed by atoms with Gasteiger partial charge in [-0.1, -0.05) is 48.5 Å². The zero-order valence-electron chi connectivity index (χ0n) is 21.9. The van der Waals surface area contributed by atoms with Crippen molar-refractivity contribution in [1.82, 2.24) is 14.6 Å². The van der Waals surface area contributed by atoms with Crippen molar-refractivity contribution in [2.45, 2.75) is 44.7 Å². The monoisotopic (exact) mass is 532 g/mol. The van der Waals surface area contributed by atoms with Gasteiger partial charge in [0.2, 0.25) is 5.91 Å². The number of carbonyl (C=O) groups excluding carboxylic acids is 2. The standard InChI is InChI=1S/C29H32N4O4S/c1-5-33-21(3)17-23-19-24(15-16-26(23)33)32(4)28(34)25(18-22-12-7-6-8-13-22)30-29(35)31-38(36,37)27-14-10-9-11-20(27)2/h6-17,19,25H,5,18H2,1-4H3,(H2,30,31,35)/t25-/m0/s1. The molecule has 1 aromatic heterocycles. The van der Waals surface area contributed by atoms with Crippen LogP contribution in [0.2, 0.25) is 0 Å². The normalized spacial score (nSPS) is 12.2. The molecule has 0 bridgehead atoms. The molecule has 0 aliphatic heterocycles. The predicted molar refractivity (Wildman–Crippen MR) is 150 cm³/mol. The van der Waals surface area contributed by atoms with Crippen LogP contribution in [0.1, 0.15) is 23.7 Å². The predicted octanol–water partition coefficient (Wildman–Crippen LogP) is 4.54. The Hall–Kier alpha value is -4.11. The number of fused-ring (bicyclic) bond motifs is 1. The van der Waals surface area contributed by atoms with Gasteiger partial charge in [0.1, 0.15) is 6.04 Å². The Morgan fingerprint density at radius 3 is 2.32 bits per heavy atom. The van der Waals surface area contributed by atoms with Crippen molar-refractivity contribution in [2.75, 3.05) is 11.9 Å². The van der Waals surface area contributed by atoms with Crippen LogP contribution >= 0.6 is 0 Å². The second-order valence-electron chi connectivity index (χ2n) is 9.26. The maximum absolute atomic E-state index is 13.7. The molecule has 3 aromatic carbocycles. The first-order valence-electron chi connectivity index (χ1n) is 12.4. The maximum Gasteiger partial charge on any atom is 0.329 e. The molecule has 38 heavy (non-hydrogen) atoms. The van der Waals surface area contributed by atoms with E-state index in [0.29, 0.717) is 11.3 Å². The van der Waals surface area contributed by atoms with Crippen LogP contribution < -0.4 is 14.9 Å². The zero-order chi connectivity index (χ0) is 27.4. The van der Waals surface area contributed by atoms with Gasteiger partial charge in [0.25, 0.3) is 10.0 Å². The van der Waals surface area contributed by atoms with Crippen LogP contribution in [0.15, 0.2) is 83.8 Å². The summed E-state index contributed by atoms with van der Waals surface area (Å²) in [6, 6.07) is 21.5. The molecule has 198 valence electrons. The third-order valence-electron chi connectivity index (χ3n) is 6.62. The minimum atomic E-state index is -4.12. The fourth-order valence-corrected chi connectivity index (χ4v) is 5.82. The van der Waals surface area contributed by atoms with Crippen LogP contribution in [0, 0.1) is 13.8 Å². The number of amides is 3. The number of nitrogens with zero attached hydrogens (tertiary/aromatic N) is 2. The molecule has 8 nitrogen and oxygen atoms in total. The minimum Gasteiger partial charge on any atom is -0.345 e. The van der Waals surface area contributed by atoms with Gasteiger partial charge in [-0.2, -0.15) is 0 Å². The number of nitrogens with one attached hydrogen (secondary N) is 2. The Morgan fingerprint density at radius 2 is 1.63 bits per heavy atom. The second kappa shape index (κ2) is 11.1. The number of hydrogen-bond acceptors (Lipinski definition) is 4. The van der Waals surface area contributed by atoms with Crippen molar-refractivity contribution < 1.29 is 18.0 Å². The lowest BCUT2D eigenvalue weighted by atomic mass is 10.0. The van der Waals surface area contributed by atoms with E-state index in [4.69, 9.17) is 0 Å². The van der Waals surface area contributed by atoms with Crippen molar-refractivity contribution in [3.63, 3.8) is 0 Å². The van der Waals surface area contributed by atoms with Gasteiger partial charge in [-0.3, -0.25) is 4.79 Å². The Balaban J connectivity index is 1.59. The van der Waals surface area contributed by atoms with Crippen LogP contribution in [0.25, 0.3) is 10.9 Å². The fraction of sp³-hybridized carbons (Fsp3) is 0.241. The number of urea groups is 1. The van der Waals surface area contributed by atoms with Gasteiger partial charge in [0.15, 0.2) is 0 Å². The van der Waals surface area contributed by atoms with E-state index in [1.807, 2.05) is 55.5 Å². The molecular weight excluding hydrogens is 500 g/mol. The van der Waals surface area contributed by atoms with Crippen LogP contribution in [0.3, 0.4) is 0 Å². The van der Waals surface area contributed by atoms with E-state index in [0.717, 1.165) is 28.7 Å². The number of anilines is 1. The summed E-state index contributed by atoms with van der Waals surface area (Å²) in [6.07, 6.45) is 0.190. The molecule has 0 spiro atoms. The summed E-state index contributed by atoms with van der Waals surface area (Å²) >= 11 is 0. The maximum atomic E-state index is 13.7. The SMILES string of the molecule is CCn1c(C)cc2cc(N(C)C(=O)[C@H](Cc3ccccc3)NC(=O)NS(=O)(=O)c3ccccc3C)ccc21. The van der Waals surface area contributed by atoms with Gasteiger partial charge in [-0.05, 0) is 62.2 Å². The van der Waals surface area contributed by atoms with E-state index in [1.54, 1.807) is 32.2 Å². The number of likely N-dealkylation sites (N-methyl/N-ethyl adjacent to an activating group) is 1. The quantitative estimate of drug-likeness (QED) is 0.348. The molecule has 0 saturated carbocycles. The average Bonchev–Trinajstić information content (AvgIpc) is 3.21. The highest BCUT2D eigenvalue weighted by Gasteiger charge is 2.28. The first kappa shape index (κ1) is 26.9. The van der Waals surface area contributed by atoms with Crippen molar-refractivity contribution in [3.05, 3.63) is 95.7 Å². The highest BCUT2D eigenvalue weighted by Crippen LogP contribution is 2.25. The van der Waals surface area contributed by atoms with E-state index >= 15 is 0 Å². The lowest BCUT2D eigenvalue weighted by molar-refractivity contribution is -0.120. The molecule has 4 aromatic rings. The van der Waals surface area contributed by atoms with Gasteiger partial charge in [0.05, 0.1) is 4.90 Å². The molecular formula is C29H32N4O4S. The van der Waals surface area contributed by atoms with E-state index < -0.39 is 22.1 Å². The molecule has 3 amide bonds. The Labute approximate surface area is 223 Å². The van der Waals surface area contributed by atoms with Gasteiger partial charge < -0.3 is 14.8 Å². The molecule has 1 atom stereocenters. The summed E-state index contributed by atoms with van der Waals surface area (Å²) in [4.78, 5) is 28.0. The smallest absolute Gasteiger partial charge is 0.329 e. The Morgan fingerprint density at radius 1 is 0.947 bits per heavy atom. The summed E-state index contributed by atoms with van der Waals surface area (Å²) in [7, 11) is -2.48. The second-order valence-corrected chi connectivity index (χ2v) is 10.9. The van der Waals surface area contributed by atoms with Gasteiger partial charge in [0, 0.05) is 42.3 Å². The van der Waals surface area contributed by atoms with Crippen LogP contribution in [-0.2, 0) is 27.8 Å². The Bertz CT molecular complexity index is 1580. The summed E-state index contributed by atoms with van der Waals surface area (Å²) in [5.41, 5.74) is 4.21. The fourth-order valence-electron chi connectivity index (χ4n) is 4.66. The number of carbonyl (C=O) groups is 2. The number of sulfonamides is 1. The molecule has 1 heterocycles. The van der Waals surface area contributed by atoms with Gasteiger partial charge in [-0.25, -0.2) is 17.9 Å². The van der Waals surface area contributed by atoms with Crippen LogP contribution in [0.4, 0.5) is 10.5 Å². The van der Waals surface area contributed by atoms with E-state index in [9.17, 15) is 18.0 Å². The van der Waals surface area contributed by atoms with Gasteiger partial charge >= 0.3 is 6.03 Å². The topological polar surface area (TPSA) is 101 Å². The largest absolute Gasteiger partial charge is 0.345 e. The van der Waals surface area contributed by atoms with E-state index in [1.165, 1.54) is 11.0 Å². The van der Waals surface area contributed by atoms with E-state index in [-0.39, 0.29) is 17.2 Å². The molecule has 4 rings (SSSR count). The number of aryl methyl sites for hydroxylation is 3. The molecule has 0 aliphatic carbocycles. The molecule has 0 radical (unpaired) electrons. The van der Waals surface area contributed by atoms with Crippen LogP contribution in [0.5, 0.6) is 0 Å². The first-order chi connectivity index (χ1) is 18.1. The average molecular weight is 533 g/mol. The van der Waals surface area contributed by atoms with Crippen molar-refractivity contribution in [3.8, 4) is 0 Å². The molecule has 9 heteroatoms. The summed E-state index contributed by atoms with van der Waals surface area (Å²) in [5.74, 6) is -0.372. The highest BCUT2D eigenvalue weighted by molar-refractivity contribution is 7.90. The first-order valence-corrected chi connectivity index (χ1v) is 13.9. The lowest BCUT2D eigenvalue weighted by Crippen LogP contribution is -2.52. The number of aromatic nitrogens is 1. The zero-order valence-corrected chi connectivity index (χ0v) is 22.7. The van der Waals surface area contributed by atoms with E-state index in [2.05, 4.69) is 27.6 Å². The third-order valence-corrected chi connectivity index (χ3v) is 8.11. The third kappa shape index (κ3) is 5.73. The van der Waals surface area contributed by atoms with Gasteiger partial charge in [-0.15, -0.1) is 0 Å². The van der Waals surface area contributed by atoms with Crippen molar-refractivity contribution >= 4 is 38.6 Å². The molecule has 0 aliphatic rings. The summed E-state index contributed by atoms with van der Waals surface area (Å²) in [6.45, 7) is 6.62. The number of rotatable bonds is 8. The minimum absolute atomic E-state index is 0.000756. The summed E-state index contributed by atoms with van der Waals surface area (Å²) in [5, 5.41) is 3.61. The molecule has 2 N–H and O–H groups in total. The summed E-state index contributed by atoms with van der Waals surface area (Å²) < 4.78 is 29.9. The molecule has 0 unspecified atom stereocenters. The lowest BCUT2D eigenvalue weighted by Gasteiger charge is -2.25. The molecule has 0 saturated heterocycles. The molecule has 0 fully saturated rings. The highest BCUT2D eigenvalue weighted by atomic mass is 32.2. The van der Waals surface area contributed by atoms with Crippen LogP contribution in [-0.4, -0.2) is 38.0 Å². The number of benzene rings is 3. The Kier molecular flexibility index (Phi) is 7.87. The van der Waals surface area contributed by atoms with Crippen molar-refractivity contribution in [2.24, 2.45) is 0 Å².